The van der Waals surface area contributed by atoms with Crippen LogP contribution in [0.25, 0.3) is 11.0 Å². The van der Waals surface area contributed by atoms with Crippen molar-refractivity contribution in [3.63, 3.8) is 0 Å². The molecular weight excluding hydrogens is 516 g/mol. The van der Waals surface area contributed by atoms with Gasteiger partial charge < -0.3 is 19.2 Å². The van der Waals surface area contributed by atoms with Gasteiger partial charge in [0, 0.05) is 55.7 Å². The summed E-state index contributed by atoms with van der Waals surface area (Å²) in [5, 5.41) is 11.0. The van der Waals surface area contributed by atoms with E-state index in [0.29, 0.717) is 35.3 Å². The minimum absolute atomic E-state index is 0.317. The molecule has 3 aromatic carbocycles. The third-order valence-corrected chi connectivity index (χ3v) is 7.35. The number of nitrogens with zero attached hydrogens (tertiary/aromatic N) is 2. The minimum Gasteiger partial charge on any atom is -0.493 e. The Morgan fingerprint density at radius 2 is 1.64 bits per heavy atom. The van der Waals surface area contributed by atoms with Crippen LogP contribution in [0.1, 0.15) is 33.5 Å². The molecule has 1 saturated heterocycles. The molecule has 1 N–H and O–H groups in total. The predicted octanol–water partition coefficient (Wildman–Crippen LogP) is 5.32. The first-order valence-electron chi connectivity index (χ1n) is 13.1. The number of halogens is 1. The molecule has 0 spiro atoms. The van der Waals surface area contributed by atoms with Crippen LogP contribution < -0.4 is 10.4 Å². The van der Waals surface area contributed by atoms with E-state index in [1.807, 2.05) is 42.5 Å². The van der Waals surface area contributed by atoms with E-state index in [9.17, 15) is 14.7 Å². The molecule has 8 heteroatoms. The second-order valence-corrected chi connectivity index (χ2v) is 10.3. The number of benzene rings is 3. The minimum atomic E-state index is -1.29. The third-order valence-electron chi connectivity index (χ3n) is 7.10. The largest absolute Gasteiger partial charge is 0.493 e. The van der Waals surface area contributed by atoms with Gasteiger partial charge >= 0.3 is 11.6 Å². The molecule has 0 saturated carbocycles. The molecule has 1 aliphatic rings. The summed E-state index contributed by atoms with van der Waals surface area (Å²) in [5.74, 6) is -0.699. The summed E-state index contributed by atoms with van der Waals surface area (Å²) in [7, 11) is 0. The van der Waals surface area contributed by atoms with Gasteiger partial charge in [-0.3, -0.25) is 4.90 Å². The van der Waals surface area contributed by atoms with Crippen molar-refractivity contribution < 1.29 is 19.1 Å². The van der Waals surface area contributed by atoms with E-state index in [1.54, 1.807) is 18.2 Å². The topological polar surface area (TPSA) is 83.2 Å². The van der Waals surface area contributed by atoms with E-state index in [4.69, 9.17) is 20.8 Å². The highest BCUT2D eigenvalue weighted by atomic mass is 35.5. The van der Waals surface area contributed by atoms with Crippen LogP contribution in [-0.2, 0) is 13.0 Å². The maximum atomic E-state index is 12.6. The van der Waals surface area contributed by atoms with Gasteiger partial charge in [0.2, 0.25) is 0 Å². The molecular formula is C31H31ClN2O5. The van der Waals surface area contributed by atoms with Crippen LogP contribution in [0, 0.1) is 0 Å². The Bertz CT molecular complexity index is 1480. The van der Waals surface area contributed by atoms with Crippen LogP contribution >= 0.6 is 11.6 Å². The average molecular weight is 547 g/mol. The van der Waals surface area contributed by atoms with Crippen molar-refractivity contribution in [1.82, 2.24) is 9.80 Å². The summed E-state index contributed by atoms with van der Waals surface area (Å²) in [6.45, 7) is 6.50. The van der Waals surface area contributed by atoms with Crippen LogP contribution in [0.3, 0.4) is 0 Å². The molecule has 1 aromatic heterocycles. The highest BCUT2D eigenvalue weighted by molar-refractivity contribution is 6.30. The van der Waals surface area contributed by atoms with Crippen LogP contribution in [0.5, 0.6) is 5.75 Å². The van der Waals surface area contributed by atoms with Crippen molar-refractivity contribution in [3.8, 4) is 5.75 Å². The van der Waals surface area contributed by atoms with Gasteiger partial charge in [0.1, 0.15) is 16.9 Å². The van der Waals surface area contributed by atoms with Gasteiger partial charge in [-0.1, -0.05) is 54.1 Å². The Kier molecular flexibility index (Phi) is 8.61. The van der Waals surface area contributed by atoms with E-state index in [2.05, 4.69) is 21.9 Å². The van der Waals surface area contributed by atoms with E-state index in [1.165, 1.54) is 5.56 Å². The molecule has 7 nitrogen and oxygen atoms in total. The van der Waals surface area contributed by atoms with Crippen LogP contribution in [0.2, 0.25) is 5.02 Å². The van der Waals surface area contributed by atoms with Crippen molar-refractivity contribution >= 4 is 28.5 Å². The third kappa shape index (κ3) is 6.87. The molecule has 1 fully saturated rings. The fraction of sp³-hybridized carbons (Fsp3) is 0.290. The van der Waals surface area contributed by atoms with Gasteiger partial charge in [0.25, 0.3) is 0 Å². The molecule has 2 heterocycles. The standard InChI is InChI=1S/C31H31ClN2O5/c32-24-9-7-23(8-10-24)21-34-16-14-33(15-17-34)13-4-18-38-25-11-12-26-27(19-22-5-2-1-3-6-22)29(30(35)36)31(37)39-28(26)20-25/h1-3,5-12,20H,4,13-19,21H2,(H,35,36). The first-order valence-corrected chi connectivity index (χ1v) is 13.5. The van der Waals surface area contributed by atoms with E-state index >= 15 is 0 Å². The molecule has 1 aliphatic heterocycles. The van der Waals surface area contributed by atoms with E-state index in [-0.39, 0.29) is 5.56 Å². The quantitative estimate of drug-likeness (QED) is 0.213. The molecule has 202 valence electrons. The molecule has 0 aliphatic carbocycles. The summed E-state index contributed by atoms with van der Waals surface area (Å²) in [5.41, 5.74) is 1.78. The number of ether oxygens (including phenoxy) is 1. The first-order chi connectivity index (χ1) is 19.0. The Balaban J connectivity index is 1.16. The lowest BCUT2D eigenvalue weighted by Crippen LogP contribution is -2.46. The number of carboxylic acids is 1. The van der Waals surface area contributed by atoms with Crippen molar-refractivity contribution in [1.29, 1.82) is 0 Å². The zero-order valence-corrected chi connectivity index (χ0v) is 22.4. The van der Waals surface area contributed by atoms with Gasteiger partial charge in [-0.25, -0.2) is 9.59 Å². The number of aromatic carboxylic acids is 1. The van der Waals surface area contributed by atoms with Gasteiger partial charge in [-0.2, -0.15) is 0 Å². The number of carboxylic acid groups (broad SMARTS) is 1. The normalized spacial score (nSPS) is 14.5. The molecule has 39 heavy (non-hydrogen) atoms. The number of hydrogen-bond acceptors (Lipinski definition) is 6. The van der Waals surface area contributed by atoms with Crippen molar-refractivity contribution in [2.45, 2.75) is 19.4 Å². The number of fused-ring (bicyclic) bond motifs is 1. The second kappa shape index (κ2) is 12.5. The lowest BCUT2D eigenvalue weighted by atomic mass is 9.97. The molecule has 0 bridgehead atoms. The van der Waals surface area contributed by atoms with E-state index in [0.717, 1.165) is 56.3 Å². The first kappa shape index (κ1) is 26.9. The Morgan fingerprint density at radius 1 is 0.923 bits per heavy atom. The zero-order chi connectivity index (χ0) is 27.2. The van der Waals surface area contributed by atoms with Gasteiger partial charge in [-0.05, 0) is 53.8 Å². The SMILES string of the molecule is O=C(O)c1c(Cc2ccccc2)c2ccc(OCCCN3CCN(Cc4ccc(Cl)cc4)CC3)cc2oc1=O. The Hall–Kier alpha value is -3.65. The summed E-state index contributed by atoms with van der Waals surface area (Å²) >= 11 is 5.99. The number of carbonyl (C=O) groups is 1. The molecule has 5 rings (SSSR count). The Morgan fingerprint density at radius 3 is 2.36 bits per heavy atom. The van der Waals surface area contributed by atoms with E-state index < -0.39 is 11.6 Å². The fourth-order valence-corrected chi connectivity index (χ4v) is 5.16. The van der Waals surface area contributed by atoms with Crippen molar-refractivity contribution in [2.24, 2.45) is 0 Å². The maximum Gasteiger partial charge on any atom is 0.351 e. The molecule has 0 radical (unpaired) electrons. The van der Waals surface area contributed by atoms with Crippen LogP contribution in [-0.4, -0.2) is 60.2 Å². The van der Waals surface area contributed by atoms with Gasteiger partial charge in [0.05, 0.1) is 6.61 Å². The molecule has 4 aromatic rings. The fourth-order valence-electron chi connectivity index (χ4n) is 5.03. The highest BCUT2D eigenvalue weighted by Gasteiger charge is 2.21. The van der Waals surface area contributed by atoms with Gasteiger partial charge in [0.15, 0.2) is 0 Å². The van der Waals surface area contributed by atoms with Crippen molar-refractivity contribution in [2.75, 3.05) is 39.3 Å². The smallest absolute Gasteiger partial charge is 0.351 e. The summed E-state index contributed by atoms with van der Waals surface area (Å²) in [6, 6.07) is 22.8. The predicted molar refractivity (Wildman–Crippen MR) is 152 cm³/mol. The number of piperazine rings is 1. The maximum absolute atomic E-state index is 12.6. The summed E-state index contributed by atoms with van der Waals surface area (Å²) < 4.78 is 11.4. The lowest BCUT2D eigenvalue weighted by Gasteiger charge is -2.34. The Labute approximate surface area is 232 Å². The van der Waals surface area contributed by atoms with Crippen molar-refractivity contribution in [3.05, 3.63) is 110 Å². The zero-order valence-electron chi connectivity index (χ0n) is 21.6. The molecule has 0 atom stereocenters. The highest BCUT2D eigenvalue weighted by Crippen LogP contribution is 2.27. The van der Waals surface area contributed by atoms with Gasteiger partial charge in [-0.15, -0.1) is 0 Å². The summed E-state index contributed by atoms with van der Waals surface area (Å²) in [4.78, 5) is 29.3. The molecule has 0 amide bonds. The van der Waals surface area contributed by atoms with Crippen LogP contribution in [0.15, 0.2) is 82.0 Å². The summed E-state index contributed by atoms with van der Waals surface area (Å²) in [6.07, 6.45) is 1.19. The number of hydrogen-bond donors (Lipinski definition) is 1. The molecule has 0 unspecified atom stereocenters. The lowest BCUT2D eigenvalue weighted by molar-refractivity contribution is 0.0691. The monoisotopic (exact) mass is 546 g/mol. The van der Waals surface area contributed by atoms with Crippen LogP contribution in [0.4, 0.5) is 0 Å². The number of rotatable bonds is 10. The second-order valence-electron chi connectivity index (χ2n) is 9.81. The average Bonchev–Trinajstić information content (AvgIpc) is 2.93.